The molecule has 2 aromatic rings. The Balaban J connectivity index is 2.09. The van der Waals surface area contributed by atoms with Gasteiger partial charge < -0.3 is 5.32 Å². The summed E-state index contributed by atoms with van der Waals surface area (Å²) in [6.07, 6.45) is 0. The van der Waals surface area contributed by atoms with Crippen LogP contribution in [0.1, 0.15) is 5.56 Å². The molecule has 88 valence electrons. The second-order valence-electron chi connectivity index (χ2n) is 3.36. The van der Waals surface area contributed by atoms with Gasteiger partial charge in [-0.05, 0) is 17.7 Å². The third kappa shape index (κ3) is 3.56. The highest BCUT2D eigenvalue weighted by Crippen LogP contribution is 2.21. The van der Waals surface area contributed by atoms with E-state index in [9.17, 15) is 0 Å². The number of aromatic nitrogens is 2. The van der Waals surface area contributed by atoms with Crippen LogP contribution in [0, 0.1) is 0 Å². The highest BCUT2D eigenvalue weighted by atomic mass is 79.9. The molecule has 0 unspecified atom stereocenters. The zero-order valence-corrected chi connectivity index (χ0v) is 11.7. The topological polar surface area (TPSA) is 37.8 Å². The molecule has 17 heavy (non-hydrogen) atoms. The van der Waals surface area contributed by atoms with E-state index in [0.717, 1.165) is 10.0 Å². The number of nitrogens with one attached hydrogen (secondary N) is 1. The molecule has 1 aromatic heterocycles. The van der Waals surface area contributed by atoms with Crippen molar-refractivity contribution in [3.63, 3.8) is 0 Å². The molecule has 0 saturated carbocycles. The summed E-state index contributed by atoms with van der Waals surface area (Å²) in [5, 5.41) is 11.1. The molecule has 0 radical (unpaired) electrons. The first kappa shape index (κ1) is 12.6. The Morgan fingerprint density at radius 3 is 2.76 bits per heavy atom. The van der Waals surface area contributed by atoms with Crippen molar-refractivity contribution in [2.45, 2.75) is 6.54 Å². The summed E-state index contributed by atoms with van der Waals surface area (Å²) in [5.41, 5.74) is 1.80. The molecule has 0 atom stereocenters. The summed E-state index contributed by atoms with van der Waals surface area (Å²) in [4.78, 5) is 0. The molecule has 0 aliphatic carbocycles. The molecule has 3 nitrogen and oxygen atoms in total. The Morgan fingerprint density at radius 1 is 1.18 bits per heavy atom. The normalized spacial score (nSPS) is 10.3. The number of anilines is 1. The van der Waals surface area contributed by atoms with Crippen molar-refractivity contribution in [3.8, 4) is 0 Å². The number of halogens is 3. The van der Waals surface area contributed by atoms with E-state index >= 15 is 0 Å². The van der Waals surface area contributed by atoms with Crippen LogP contribution in [-0.2, 0) is 6.54 Å². The van der Waals surface area contributed by atoms with Crippen LogP contribution in [0.25, 0.3) is 0 Å². The van der Waals surface area contributed by atoms with E-state index in [2.05, 4.69) is 31.4 Å². The Morgan fingerprint density at radius 2 is 2.00 bits per heavy atom. The Kier molecular flexibility index (Phi) is 4.20. The molecule has 0 fully saturated rings. The van der Waals surface area contributed by atoms with E-state index in [1.165, 1.54) is 0 Å². The first-order valence-electron chi connectivity index (χ1n) is 4.82. The summed E-state index contributed by atoms with van der Waals surface area (Å²) in [6, 6.07) is 9.63. The molecule has 1 aromatic carbocycles. The molecule has 0 amide bonds. The van der Waals surface area contributed by atoms with Gasteiger partial charge >= 0.3 is 0 Å². The first-order valence-corrected chi connectivity index (χ1v) is 6.37. The van der Waals surface area contributed by atoms with Crippen LogP contribution in [0.2, 0.25) is 10.3 Å². The van der Waals surface area contributed by atoms with Crippen LogP contribution in [0.4, 0.5) is 5.69 Å². The lowest BCUT2D eigenvalue weighted by atomic mass is 10.2. The van der Waals surface area contributed by atoms with Gasteiger partial charge in [-0.25, -0.2) is 0 Å². The quantitative estimate of drug-likeness (QED) is 0.917. The molecule has 0 bridgehead atoms. The monoisotopic (exact) mass is 331 g/mol. The summed E-state index contributed by atoms with van der Waals surface area (Å²) < 4.78 is 1.04. The standard InChI is InChI=1S/C11H8BrCl2N3/c12-8-3-1-2-7(4-8)6-15-9-5-10(13)16-17-11(9)14/h1-5H,6H2,(H,15,16). The van der Waals surface area contributed by atoms with Crippen LogP contribution >= 0.6 is 39.1 Å². The minimum atomic E-state index is 0.310. The molecule has 6 heteroatoms. The lowest BCUT2D eigenvalue weighted by molar-refractivity contribution is 1.02. The fourth-order valence-electron chi connectivity index (χ4n) is 1.32. The van der Waals surface area contributed by atoms with E-state index in [-0.39, 0.29) is 0 Å². The average Bonchev–Trinajstić information content (AvgIpc) is 2.30. The fourth-order valence-corrected chi connectivity index (χ4v) is 2.07. The van der Waals surface area contributed by atoms with Crippen LogP contribution in [-0.4, -0.2) is 10.2 Å². The molecular formula is C11H8BrCl2N3. The predicted molar refractivity (Wildman–Crippen MR) is 73.5 cm³/mol. The van der Waals surface area contributed by atoms with Gasteiger partial charge in [0.1, 0.15) is 0 Å². The number of hydrogen-bond acceptors (Lipinski definition) is 3. The molecule has 0 aliphatic rings. The van der Waals surface area contributed by atoms with Crippen LogP contribution in [0.3, 0.4) is 0 Å². The van der Waals surface area contributed by atoms with Gasteiger partial charge in [-0.3, -0.25) is 0 Å². The minimum Gasteiger partial charge on any atom is -0.378 e. The van der Waals surface area contributed by atoms with Gasteiger partial charge in [0.2, 0.25) is 0 Å². The molecule has 1 N–H and O–H groups in total. The van der Waals surface area contributed by atoms with Crippen LogP contribution in [0.5, 0.6) is 0 Å². The number of hydrogen-bond donors (Lipinski definition) is 1. The third-order valence-electron chi connectivity index (χ3n) is 2.09. The lowest BCUT2D eigenvalue weighted by Crippen LogP contribution is -2.01. The van der Waals surface area contributed by atoms with Gasteiger partial charge in [-0.15, -0.1) is 10.2 Å². The molecule has 0 aliphatic heterocycles. The molecule has 0 spiro atoms. The van der Waals surface area contributed by atoms with E-state index in [1.54, 1.807) is 6.07 Å². The van der Waals surface area contributed by atoms with Crippen LogP contribution < -0.4 is 5.32 Å². The number of nitrogens with zero attached hydrogens (tertiary/aromatic N) is 2. The second-order valence-corrected chi connectivity index (χ2v) is 5.02. The SMILES string of the molecule is Clc1cc(NCc2cccc(Br)c2)c(Cl)nn1. The van der Waals surface area contributed by atoms with Crippen molar-refractivity contribution >= 4 is 44.8 Å². The largest absolute Gasteiger partial charge is 0.378 e. The lowest BCUT2D eigenvalue weighted by Gasteiger charge is -2.07. The summed E-state index contributed by atoms with van der Waals surface area (Å²) in [6.45, 7) is 0.640. The van der Waals surface area contributed by atoms with E-state index < -0.39 is 0 Å². The molecule has 0 saturated heterocycles. The van der Waals surface area contributed by atoms with Crippen molar-refractivity contribution in [1.82, 2.24) is 10.2 Å². The maximum absolute atomic E-state index is 5.89. The van der Waals surface area contributed by atoms with Gasteiger partial charge in [0.15, 0.2) is 10.3 Å². The third-order valence-corrected chi connectivity index (χ3v) is 3.05. The highest BCUT2D eigenvalue weighted by molar-refractivity contribution is 9.10. The zero-order chi connectivity index (χ0) is 12.3. The summed E-state index contributed by atoms with van der Waals surface area (Å²) in [7, 11) is 0. The van der Waals surface area contributed by atoms with Gasteiger partial charge in [0.25, 0.3) is 0 Å². The van der Waals surface area contributed by atoms with Gasteiger partial charge in [-0.1, -0.05) is 51.3 Å². The summed E-state index contributed by atoms with van der Waals surface area (Å²) in [5.74, 6) is 0. The van der Waals surface area contributed by atoms with E-state index in [4.69, 9.17) is 23.2 Å². The second kappa shape index (κ2) is 5.67. The minimum absolute atomic E-state index is 0.310. The smallest absolute Gasteiger partial charge is 0.174 e. The van der Waals surface area contributed by atoms with Gasteiger partial charge in [0, 0.05) is 17.1 Å². The molecular weight excluding hydrogens is 325 g/mol. The van der Waals surface area contributed by atoms with E-state index in [0.29, 0.717) is 22.5 Å². The number of rotatable bonds is 3. The van der Waals surface area contributed by atoms with E-state index in [1.807, 2.05) is 24.3 Å². The van der Waals surface area contributed by atoms with Crippen molar-refractivity contribution < 1.29 is 0 Å². The molecule has 2 rings (SSSR count). The zero-order valence-electron chi connectivity index (χ0n) is 8.62. The Labute approximate surface area is 117 Å². The van der Waals surface area contributed by atoms with Crippen molar-refractivity contribution in [2.75, 3.05) is 5.32 Å². The maximum atomic E-state index is 5.89. The highest BCUT2D eigenvalue weighted by Gasteiger charge is 2.03. The van der Waals surface area contributed by atoms with Crippen molar-refractivity contribution in [3.05, 3.63) is 50.7 Å². The van der Waals surface area contributed by atoms with Crippen molar-refractivity contribution in [2.24, 2.45) is 0 Å². The van der Waals surface area contributed by atoms with Crippen molar-refractivity contribution in [1.29, 1.82) is 0 Å². The predicted octanol–water partition coefficient (Wildman–Crippen LogP) is 4.16. The van der Waals surface area contributed by atoms with Crippen LogP contribution in [0.15, 0.2) is 34.8 Å². The van der Waals surface area contributed by atoms with Gasteiger partial charge in [0.05, 0.1) is 5.69 Å². The Bertz CT molecular complexity index is 534. The fraction of sp³-hybridized carbons (Fsp3) is 0.0909. The first-order chi connectivity index (χ1) is 8.15. The Hall–Kier alpha value is -0.840. The maximum Gasteiger partial charge on any atom is 0.174 e. The summed E-state index contributed by atoms with van der Waals surface area (Å²) >= 11 is 15.1. The van der Waals surface area contributed by atoms with Gasteiger partial charge in [-0.2, -0.15) is 0 Å². The number of benzene rings is 1. The average molecular weight is 333 g/mol. The molecule has 1 heterocycles.